The molecule has 0 aromatic heterocycles. The number of hydrogen-bond donors (Lipinski definition) is 1. The number of allylic oxidation sites excluding steroid dienone is 2. The summed E-state index contributed by atoms with van der Waals surface area (Å²) >= 11 is 9.43. The van der Waals surface area contributed by atoms with E-state index < -0.39 is 5.92 Å². The Morgan fingerprint density at radius 1 is 0.964 bits per heavy atom. The molecule has 1 amide bonds. The largest absolute Gasteiger partial charge is 0.322 e. The van der Waals surface area contributed by atoms with E-state index in [0.29, 0.717) is 34.7 Å². The number of hydrogen-bond acceptors (Lipinski definition) is 3. The van der Waals surface area contributed by atoms with Crippen LogP contribution in [-0.4, -0.2) is 17.5 Å². The molecule has 6 heteroatoms. The van der Waals surface area contributed by atoms with Crippen LogP contribution < -0.4 is 5.32 Å². The van der Waals surface area contributed by atoms with Crippen LogP contribution in [0.5, 0.6) is 0 Å². The first-order chi connectivity index (χ1) is 13.4. The molecular formula is C22H17BrClNO3. The molecule has 0 aliphatic heterocycles. The highest BCUT2D eigenvalue weighted by Crippen LogP contribution is 2.44. The van der Waals surface area contributed by atoms with Crippen LogP contribution in [0, 0.1) is 11.8 Å². The lowest BCUT2D eigenvalue weighted by atomic mass is 9.85. The number of nitrogens with one attached hydrogen (secondary N) is 1. The third kappa shape index (κ3) is 3.56. The lowest BCUT2D eigenvalue weighted by Gasteiger charge is -2.19. The number of fused-ring (bicyclic) bond motifs is 1. The van der Waals surface area contributed by atoms with E-state index >= 15 is 0 Å². The summed E-state index contributed by atoms with van der Waals surface area (Å²) in [7, 11) is 0. The van der Waals surface area contributed by atoms with Crippen LogP contribution in [0.15, 0.2) is 64.1 Å². The Hall–Kier alpha value is -2.24. The van der Waals surface area contributed by atoms with Crippen LogP contribution >= 0.6 is 27.5 Å². The van der Waals surface area contributed by atoms with Crippen molar-refractivity contribution in [2.24, 2.45) is 11.8 Å². The third-order valence-electron chi connectivity index (χ3n) is 5.40. The van der Waals surface area contributed by atoms with E-state index in [-0.39, 0.29) is 29.3 Å². The Morgan fingerprint density at radius 2 is 1.61 bits per heavy atom. The summed E-state index contributed by atoms with van der Waals surface area (Å²) in [5, 5.41) is 3.48. The summed E-state index contributed by atoms with van der Waals surface area (Å²) in [6.45, 7) is 0. The van der Waals surface area contributed by atoms with Gasteiger partial charge in [-0.05, 0) is 54.8 Å². The summed E-state index contributed by atoms with van der Waals surface area (Å²) in [6, 6.07) is 14.0. The predicted molar refractivity (Wildman–Crippen MR) is 111 cm³/mol. The number of rotatable bonds is 3. The average molecular weight is 459 g/mol. The summed E-state index contributed by atoms with van der Waals surface area (Å²) in [5.41, 5.74) is 1.79. The smallest absolute Gasteiger partial charge is 0.255 e. The summed E-state index contributed by atoms with van der Waals surface area (Å²) in [5.74, 6) is -1.70. The standard InChI is InChI=1S/C22H17BrClNO3/c23-14-5-8-16(9-6-14)25-22(28)13-3-1-12(2-4-13)19-20(26)17-10-7-15(24)11-18(17)21(19)27/h1-9,17-19H,10-11H2,(H,25,28)/t17-,18+,19-/m1/s1. The normalized spacial score (nSPS) is 23.9. The molecule has 0 bridgehead atoms. The van der Waals surface area contributed by atoms with E-state index in [0.717, 1.165) is 4.47 Å². The van der Waals surface area contributed by atoms with Gasteiger partial charge in [-0.1, -0.05) is 45.7 Å². The highest BCUT2D eigenvalue weighted by Gasteiger charge is 2.50. The van der Waals surface area contributed by atoms with Gasteiger partial charge in [-0.25, -0.2) is 0 Å². The summed E-state index contributed by atoms with van der Waals surface area (Å²) < 4.78 is 0.929. The first-order valence-corrected chi connectivity index (χ1v) is 10.2. The van der Waals surface area contributed by atoms with Crippen molar-refractivity contribution in [1.82, 2.24) is 0 Å². The van der Waals surface area contributed by atoms with Crippen LogP contribution in [0.25, 0.3) is 0 Å². The van der Waals surface area contributed by atoms with Gasteiger partial charge in [0.25, 0.3) is 5.91 Å². The van der Waals surface area contributed by atoms with Gasteiger partial charge in [0.1, 0.15) is 5.92 Å². The van der Waals surface area contributed by atoms with Gasteiger partial charge in [-0.3, -0.25) is 14.4 Å². The zero-order valence-electron chi connectivity index (χ0n) is 14.8. The van der Waals surface area contributed by atoms with Gasteiger partial charge >= 0.3 is 0 Å². The molecule has 0 spiro atoms. The van der Waals surface area contributed by atoms with E-state index in [4.69, 9.17) is 11.6 Å². The molecule has 2 aliphatic carbocycles. The fraction of sp³-hybridized carbons (Fsp3) is 0.227. The molecule has 0 saturated heterocycles. The molecule has 0 radical (unpaired) electrons. The Balaban J connectivity index is 1.50. The molecule has 1 fully saturated rings. The van der Waals surface area contributed by atoms with Crippen molar-refractivity contribution >= 4 is 50.7 Å². The monoisotopic (exact) mass is 457 g/mol. The maximum Gasteiger partial charge on any atom is 0.255 e. The van der Waals surface area contributed by atoms with Crippen molar-refractivity contribution in [1.29, 1.82) is 0 Å². The molecular weight excluding hydrogens is 442 g/mol. The fourth-order valence-electron chi connectivity index (χ4n) is 3.93. The molecule has 142 valence electrons. The number of halogens is 2. The van der Waals surface area contributed by atoms with Crippen LogP contribution in [0.3, 0.4) is 0 Å². The molecule has 1 saturated carbocycles. The van der Waals surface area contributed by atoms with Crippen molar-refractivity contribution in [2.45, 2.75) is 18.8 Å². The predicted octanol–water partition coefficient (Wildman–Crippen LogP) is 5.09. The van der Waals surface area contributed by atoms with Crippen molar-refractivity contribution in [3.8, 4) is 0 Å². The second kappa shape index (κ2) is 7.64. The van der Waals surface area contributed by atoms with E-state index in [1.807, 2.05) is 18.2 Å². The lowest BCUT2D eigenvalue weighted by Crippen LogP contribution is -2.20. The molecule has 4 rings (SSSR count). The first kappa shape index (κ1) is 19.1. The van der Waals surface area contributed by atoms with Crippen LogP contribution in [0.2, 0.25) is 0 Å². The van der Waals surface area contributed by atoms with E-state index in [1.165, 1.54) is 0 Å². The van der Waals surface area contributed by atoms with E-state index in [9.17, 15) is 14.4 Å². The number of amides is 1. The molecule has 28 heavy (non-hydrogen) atoms. The Bertz CT molecular complexity index is 982. The number of carbonyl (C=O) groups is 3. The maximum absolute atomic E-state index is 12.8. The highest BCUT2D eigenvalue weighted by atomic mass is 79.9. The number of benzene rings is 2. The van der Waals surface area contributed by atoms with E-state index in [1.54, 1.807) is 36.4 Å². The Labute approximate surface area is 176 Å². The van der Waals surface area contributed by atoms with Gasteiger partial charge < -0.3 is 5.32 Å². The van der Waals surface area contributed by atoms with Crippen molar-refractivity contribution < 1.29 is 14.4 Å². The first-order valence-electron chi connectivity index (χ1n) is 9.03. The molecule has 1 N–H and O–H groups in total. The van der Waals surface area contributed by atoms with Crippen molar-refractivity contribution in [3.63, 3.8) is 0 Å². The molecule has 2 aromatic rings. The van der Waals surface area contributed by atoms with Crippen molar-refractivity contribution in [2.75, 3.05) is 5.32 Å². The second-order valence-electron chi connectivity index (χ2n) is 7.12. The number of ketones is 2. The average Bonchev–Trinajstić information content (AvgIpc) is 2.93. The molecule has 0 heterocycles. The highest BCUT2D eigenvalue weighted by molar-refractivity contribution is 9.10. The molecule has 2 aliphatic rings. The van der Waals surface area contributed by atoms with E-state index in [2.05, 4.69) is 21.2 Å². The van der Waals surface area contributed by atoms with Crippen LogP contribution in [0.4, 0.5) is 5.69 Å². The minimum atomic E-state index is -0.755. The zero-order valence-corrected chi connectivity index (χ0v) is 17.2. The third-order valence-corrected chi connectivity index (χ3v) is 6.24. The summed E-state index contributed by atoms with van der Waals surface area (Å²) in [6.07, 6.45) is 2.81. The quantitative estimate of drug-likeness (QED) is 0.652. The lowest BCUT2D eigenvalue weighted by molar-refractivity contribution is -0.125. The van der Waals surface area contributed by atoms with Crippen LogP contribution in [0.1, 0.15) is 34.7 Å². The van der Waals surface area contributed by atoms with Crippen LogP contribution in [-0.2, 0) is 9.59 Å². The molecule has 0 unspecified atom stereocenters. The number of carbonyl (C=O) groups excluding carboxylic acids is 3. The molecule has 3 atom stereocenters. The van der Waals surface area contributed by atoms with Gasteiger partial charge in [0.15, 0.2) is 11.6 Å². The van der Waals surface area contributed by atoms with Gasteiger partial charge in [0.2, 0.25) is 0 Å². The molecule has 2 aromatic carbocycles. The zero-order chi connectivity index (χ0) is 19.8. The Morgan fingerprint density at radius 3 is 2.29 bits per heavy atom. The Kier molecular flexibility index (Phi) is 5.21. The SMILES string of the molecule is O=C(Nc1ccc(Br)cc1)c1ccc([C@H]2C(=O)[C@H]3CC(Cl)=CC[C@H]3C2=O)cc1. The van der Waals surface area contributed by atoms with Gasteiger partial charge in [0.05, 0.1) is 0 Å². The van der Waals surface area contributed by atoms with Gasteiger partial charge in [0, 0.05) is 32.6 Å². The fourth-order valence-corrected chi connectivity index (χ4v) is 4.45. The second-order valence-corrected chi connectivity index (χ2v) is 8.53. The molecule has 4 nitrogen and oxygen atoms in total. The maximum atomic E-state index is 12.8. The topological polar surface area (TPSA) is 63.2 Å². The minimum Gasteiger partial charge on any atom is -0.322 e. The van der Waals surface area contributed by atoms with Crippen molar-refractivity contribution in [3.05, 3.63) is 75.2 Å². The summed E-state index contributed by atoms with van der Waals surface area (Å²) in [4.78, 5) is 38.0. The van der Waals surface area contributed by atoms with Gasteiger partial charge in [-0.2, -0.15) is 0 Å². The number of Topliss-reactive ketones (excluding diaryl/α,β-unsaturated/α-hetero) is 2. The van der Waals surface area contributed by atoms with Gasteiger partial charge in [-0.15, -0.1) is 0 Å². The number of anilines is 1. The minimum absolute atomic E-state index is 0.0394.